The molecule has 0 saturated carbocycles. The average Bonchev–Trinajstić information content (AvgIpc) is 2.84. The summed E-state index contributed by atoms with van der Waals surface area (Å²) in [5, 5.41) is 5.84. The largest absolute Gasteiger partial charge is 0.497 e. The van der Waals surface area contributed by atoms with Crippen LogP contribution in [-0.2, 0) is 6.54 Å². The average molecular weight is 295 g/mol. The molecule has 0 amide bonds. The SMILES string of the molecule is COc1ccc(Cn2nc(C)c3cc(C(C)N)ccc32)cc1. The first kappa shape index (κ1) is 14.6. The molecule has 3 aromatic rings. The Bertz CT molecular complexity index is 788. The second kappa shape index (κ2) is 5.81. The van der Waals surface area contributed by atoms with Gasteiger partial charge in [-0.25, -0.2) is 0 Å². The van der Waals surface area contributed by atoms with Crippen LogP contribution in [0.25, 0.3) is 10.9 Å². The summed E-state index contributed by atoms with van der Waals surface area (Å²) in [6, 6.07) is 14.5. The lowest BCUT2D eigenvalue weighted by Gasteiger charge is -2.07. The highest BCUT2D eigenvalue weighted by atomic mass is 16.5. The number of nitrogens with zero attached hydrogens (tertiary/aromatic N) is 2. The van der Waals surface area contributed by atoms with E-state index < -0.39 is 0 Å². The highest BCUT2D eigenvalue weighted by Gasteiger charge is 2.10. The molecule has 1 unspecified atom stereocenters. The summed E-state index contributed by atoms with van der Waals surface area (Å²) < 4.78 is 7.23. The van der Waals surface area contributed by atoms with E-state index in [1.54, 1.807) is 7.11 Å². The van der Waals surface area contributed by atoms with Crippen molar-refractivity contribution in [2.75, 3.05) is 7.11 Å². The van der Waals surface area contributed by atoms with Crippen molar-refractivity contribution in [2.24, 2.45) is 5.73 Å². The molecule has 0 saturated heterocycles. The molecule has 1 atom stereocenters. The third-order valence-corrected chi connectivity index (χ3v) is 3.98. The van der Waals surface area contributed by atoms with Crippen LogP contribution in [0.3, 0.4) is 0 Å². The molecule has 3 rings (SSSR count). The smallest absolute Gasteiger partial charge is 0.118 e. The van der Waals surface area contributed by atoms with Crippen molar-refractivity contribution in [3.05, 3.63) is 59.3 Å². The molecule has 0 radical (unpaired) electrons. The Morgan fingerprint density at radius 1 is 1.18 bits per heavy atom. The first-order valence-electron chi connectivity index (χ1n) is 7.44. The Hall–Kier alpha value is -2.33. The molecule has 114 valence electrons. The fourth-order valence-electron chi connectivity index (χ4n) is 2.66. The van der Waals surface area contributed by atoms with Crippen LogP contribution >= 0.6 is 0 Å². The van der Waals surface area contributed by atoms with E-state index in [0.29, 0.717) is 0 Å². The Morgan fingerprint density at radius 3 is 2.55 bits per heavy atom. The van der Waals surface area contributed by atoms with E-state index in [1.165, 1.54) is 10.9 Å². The van der Waals surface area contributed by atoms with Crippen LogP contribution in [0.5, 0.6) is 5.75 Å². The Kier molecular flexibility index (Phi) is 3.86. The predicted octanol–water partition coefficient (Wildman–Crippen LogP) is 3.42. The van der Waals surface area contributed by atoms with Crippen LogP contribution < -0.4 is 10.5 Å². The van der Waals surface area contributed by atoms with Gasteiger partial charge >= 0.3 is 0 Å². The minimum atomic E-state index is 0.0359. The van der Waals surface area contributed by atoms with Crippen LogP contribution in [0.4, 0.5) is 0 Å². The molecule has 0 aliphatic rings. The van der Waals surface area contributed by atoms with Gasteiger partial charge in [-0.15, -0.1) is 0 Å². The minimum Gasteiger partial charge on any atom is -0.497 e. The van der Waals surface area contributed by atoms with Gasteiger partial charge in [-0.3, -0.25) is 4.68 Å². The number of aryl methyl sites for hydroxylation is 1. The van der Waals surface area contributed by atoms with Gasteiger partial charge in [-0.05, 0) is 49.2 Å². The third-order valence-electron chi connectivity index (χ3n) is 3.98. The lowest BCUT2D eigenvalue weighted by atomic mass is 10.1. The number of rotatable bonds is 4. The van der Waals surface area contributed by atoms with Crippen molar-refractivity contribution in [3.8, 4) is 5.75 Å². The van der Waals surface area contributed by atoms with Gasteiger partial charge in [0, 0.05) is 11.4 Å². The van der Waals surface area contributed by atoms with Crippen molar-refractivity contribution in [3.63, 3.8) is 0 Å². The van der Waals surface area contributed by atoms with E-state index in [4.69, 9.17) is 10.5 Å². The summed E-state index contributed by atoms with van der Waals surface area (Å²) in [5.74, 6) is 0.867. The maximum Gasteiger partial charge on any atom is 0.118 e. The molecular weight excluding hydrogens is 274 g/mol. The summed E-state index contributed by atoms with van der Waals surface area (Å²) in [7, 11) is 1.68. The van der Waals surface area contributed by atoms with Crippen LogP contribution in [0.15, 0.2) is 42.5 Å². The number of hydrogen-bond donors (Lipinski definition) is 1. The van der Waals surface area contributed by atoms with E-state index in [0.717, 1.165) is 29.1 Å². The minimum absolute atomic E-state index is 0.0359. The van der Waals surface area contributed by atoms with Crippen molar-refractivity contribution in [1.82, 2.24) is 9.78 Å². The van der Waals surface area contributed by atoms with E-state index in [1.807, 2.05) is 30.7 Å². The van der Waals surface area contributed by atoms with Crippen molar-refractivity contribution >= 4 is 10.9 Å². The molecule has 4 nitrogen and oxygen atoms in total. The van der Waals surface area contributed by atoms with Crippen molar-refractivity contribution in [2.45, 2.75) is 26.4 Å². The summed E-state index contributed by atoms with van der Waals surface area (Å²) in [4.78, 5) is 0. The lowest BCUT2D eigenvalue weighted by molar-refractivity contribution is 0.414. The van der Waals surface area contributed by atoms with Gasteiger partial charge in [-0.2, -0.15) is 5.10 Å². The monoisotopic (exact) mass is 295 g/mol. The number of methoxy groups -OCH3 is 1. The predicted molar refractivity (Wildman–Crippen MR) is 89.2 cm³/mol. The fraction of sp³-hybridized carbons (Fsp3) is 0.278. The van der Waals surface area contributed by atoms with E-state index in [9.17, 15) is 0 Å². The quantitative estimate of drug-likeness (QED) is 0.802. The number of nitrogens with two attached hydrogens (primary N) is 1. The van der Waals surface area contributed by atoms with Gasteiger partial charge < -0.3 is 10.5 Å². The molecule has 0 fully saturated rings. The zero-order valence-corrected chi connectivity index (χ0v) is 13.2. The number of ether oxygens (including phenoxy) is 1. The zero-order valence-electron chi connectivity index (χ0n) is 13.2. The molecule has 2 aromatic carbocycles. The Balaban J connectivity index is 1.96. The first-order valence-corrected chi connectivity index (χ1v) is 7.44. The highest BCUT2D eigenvalue weighted by Crippen LogP contribution is 2.23. The van der Waals surface area contributed by atoms with E-state index in [2.05, 4.69) is 35.4 Å². The Morgan fingerprint density at radius 2 is 1.91 bits per heavy atom. The second-order valence-electron chi connectivity index (χ2n) is 5.66. The molecule has 1 aromatic heterocycles. The van der Waals surface area contributed by atoms with Gasteiger partial charge in [0.25, 0.3) is 0 Å². The summed E-state index contributed by atoms with van der Waals surface area (Å²) in [5.41, 5.74) is 10.5. The molecule has 0 aliphatic carbocycles. The standard InChI is InChI=1S/C18H21N3O/c1-12(19)15-6-9-18-17(10-15)13(2)20-21(18)11-14-4-7-16(22-3)8-5-14/h4-10,12H,11,19H2,1-3H3. The number of hydrogen-bond acceptors (Lipinski definition) is 3. The van der Waals surface area contributed by atoms with E-state index >= 15 is 0 Å². The molecule has 2 N–H and O–H groups in total. The fourth-order valence-corrected chi connectivity index (χ4v) is 2.66. The lowest BCUT2D eigenvalue weighted by Crippen LogP contribution is -2.05. The molecule has 1 heterocycles. The molecular formula is C18H21N3O. The summed E-state index contributed by atoms with van der Waals surface area (Å²) >= 11 is 0. The topological polar surface area (TPSA) is 53.1 Å². The Labute approximate surface area is 130 Å². The maximum absolute atomic E-state index is 5.97. The van der Waals surface area contributed by atoms with E-state index in [-0.39, 0.29) is 6.04 Å². The van der Waals surface area contributed by atoms with Crippen molar-refractivity contribution in [1.29, 1.82) is 0 Å². The normalized spacial score (nSPS) is 12.5. The van der Waals surface area contributed by atoms with Gasteiger partial charge in [0.1, 0.15) is 5.75 Å². The third kappa shape index (κ3) is 2.70. The van der Waals surface area contributed by atoms with Gasteiger partial charge in [-0.1, -0.05) is 18.2 Å². The highest BCUT2D eigenvalue weighted by molar-refractivity contribution is 5.82. The number of benzene rings is 2. The summed E-state index contributed by atoms with van der Waals surface area (Å²) in [6.45, 7) is 4.78. The molecule has 4 heteroatoms. The van der Waals surface area contributed by atoms with Crippen LogP contribution in [-0.4, -0.2) is 16.9 Å². The molecule has 0 spiro atoms. The molecule has 0 aliphatic heterocycles. The van der Waals surface area contributed by atoms with Gasteiger partial charge in [0.2, 0.25) is 0 Å². The molecule has 0 bridgehead atoms. The number of aromatic nitrogens is 2. The number of fused-ring (bicyclic) bond motifs is 1. The van der Waals surface area contributed by atoms with Crippen LogP contribution in [0.1, 0.15) is 29.8 Å². The van der Waals surface area contributed by atoms with Gasteiger partial charge in [0.15, 0.2) is 0 Å². The second-order valence-corrected chi connectivity index (χ2v) is 5.66. The molecule has 22 heavy (non-hydrogen) atoms. The van der Waals surface area contributed by atoms with Crippen molar-refractivity contribution < 1.29 is 4.74 Å². The van der Waals surface area contributed by atoms with Crippen LogP contribution in [0.2, 0.25) is 0 Å². The maximum atomic E-state index is 5.97. The van der Waals surface area contributed by atoms with Crippen LogP contribution in [0, 0.1) is 6.92 Å². The summed E-state index contributed by atoms with van der Waals surface area (Å²) in [6.07, 6.45) is 0. The zero-order chi connectivity index (χ0) is 15.7. The van der Waals surface area contributed by atoms with Gasteiger partial charge in [0.05, 0.1) is 24.9 Å². The first-order chi connectivity index (χ1) is 10.6.